The van der Waals surface area contributed by atoms with E-state index in [4.69, 9.17) is 4.74 Å². The van der Waals surface area contributed by atoms with Crippen LogP contribution in [-0.4, -0.2) is 18.0 Å². The summed E-state index contributed by atoms with van der Waals surface area (Å²) in [5.41, 5.74) is 0.987. The topological polar surface area (TPSA) is 51.2 Å². The van der Waals surface area contributed by atoms with Crippen molar-refractivity contribution < 1.29 is 13.9 Å². The van der Waals surface area contributed by atoms with Gasteiger partial charge in [-0.25, -0.2) is 4.39 Å². The van der Waals surface area contributed by atoms with Crippen LogP contribution in [0.1, 0.15) is 29.0 Å². The van der Waals surface area contributed by atoms with Gasteiger partial charge in [-0.1, -0.05) is 6.07 Å². The van der Waals surface area contributed by atoms with Gasteiger partial charge in [0.1, 0.15) is 0 Å². The van der Waals surface area contributed by atoms with Crippen LogP contribution in [0.3, 0.4) is 0 Å². The molecule has 0 unspecified atom stereocenters. The molecule has 1 amide bonds. The monoisotopic (exact) mass is 274 g/mol. The fourth-order valence-corrected chi connectivity index (χ4v) is 1.79. The molecule has 0 saturated carbocycles. The lowest BCUT2D eigenvalue weighted by atomic mass is 10.1. The van der Waals surface area contributed by atoms with Gasteiger partial charge in [0.25, 0.3) is 5.91 Å². The third-order valence-electron chi connectivity index (χ3n) is 2.89. The highest BCUT2D eigenvalue weighted by Gasteiger charge is 2.14. The first-order valence-corrected chi connectivity index (χ1v) is 6.17. The Hall–Kier alpha value is -2.43. The van der Waals surface area contributed by atoms with Crippen molar-refractivity contribution in [3.8, 4) is 5.75 Å². The lowest BCUT2D eigenvalue weighted by Gasteiger charge is -2.13. The van der Waals surface area contributed by atoms with Gasteiger partial charge >= 0.3 is 0 Å². The van der Waals surface area contributed by atoms with Crippen LogP contribution in [0.2, 0.25) is 0 Å². The van der Waals surface area contributed by atoms with Gasteiger partial charge in [-0.3, -0.25) is 9.78 Å². The molecule has 5 heteroatoms. The highest BCUT2D eigenvalue weighted by molar-refractivity contribution is 5.94. The Morgan fingerprint density at radius 2 is 2.15 bits per heavy atom. The molecule has 1 aromatic heterocycles. The summed E-state index contributed by atoms with van der Waals surface area (Å²) in [6, 6.07) is 9.31. The van der Waals surface area contributed by atoms with E-state index in [2.05, 4.69) is 10.3 Å². The third-order valence-corrected chi connectivity index (χ3v) is 2.89. The van der Waals surface area contributed by atoms with Crippen molar-refractivity contribution in [3.63, 3.8) is 0 Å². The van der Waals surface area contributed by atoms with Crippen LogP contribution in [0.5, 0.6) is 5.75 Å². The Morgan fingerprint density at radius 1 is 1.35 bits per heavy atom. The van der Waals surface area contributed by atoms with E-state index in [9.17, 15) is 9.18 Å². The van der Waals surface area contributed by atoms with Crippen molar-refractivity contribution in [2.45, 2.75) is 13.0 Å². The van der Waals surface area contributed by atoms with E-state index < -0.39 is 5.82 Å². The molecule has 0 radical (unpaired) electrons. The van der Waals surface area contributed by atoms with Crippen LogP contribution in [0.25, 0.3) is 0 Å². The van der Waals surface area contributed by atoms with Gasteiger partial charge in [-0.15, -0.1) is 0 Å². The van der Waals surface area contributed by atoms with Crippen molar-refractivity contribution in [1.82, 2.24) is 10.3 Å². The molecule has 1 N–H and O–H groups in total. The minimum absolute atomic E-state index is 0.110. The number of aromatic nitrogens is 1. The predicted octanol–water partition coefficient (Wildman–Crippen LogP) is 2.72. The molecule has 2 rings (SSSR count). The fourth-order valence-electron chi connectivity index (χ4n) is 1.79. The molecule has 1 atom stereocenters. The van der Waals surface area contributed by atoms with E-state index in [0.29, 0.717) is 0 Å². The summed E-state index contributed by atoms with van der Waals surface area (Å²) in [6.45, 7) is 1.82. The molecule has 0 aliphatic carbocycles. The van der Waals surface area contributed by atoms with Gasteiger partial charge in [0.05, 0.1) is 18.8 Å². The maximum atomic E-state index is 13.6. The Kier molecular flexibility index (Phi) is 4.30. The molecule has 0 bridgehead atoms. The third kappa shape index (κ3) is 3.12. The first-order chi connectivity index (χ1) is 9.61. The molecular weight excluding hydrogens is 259 g/mol. The summed E-state index contributed by atoms with van der Waals surface area (Å²) in [4.78, 5) is 16.2. The van der Waals surface area contributed by atoms with Gasteiger partial charge in [0.2, 0.25) is 0 Å². The number of nitrogens with zero attached hydrogens (tertiary/aromatic N) is 1. The van der Waals surface area contributed by atoms with E-state index in [1.165, 1.54) is 19.2 Å². The van der Waals surface area contributed by atoms with Crippen molar-refractivity contribution >= 4 is 5.91 Å². The number of carbonyl (C=O) groups excluding carboxylic acids is 1. The number of rotatable bonds is 4. The number of methoxy groups -OCH3 is 1. The lowest BCUT2D eigenvalue weighted by Crippen LogP contribution is -2.27. The maximum Gasteiger partial charge on any atom is 0.251 e. The lowest BCUT2D eigenvalue weighted by molar-refractivity contribution is 0.0938. The minimum atomic E-state index is -0.564. The molecule has 0 fully saturated rings. The Labute approximate surface area is 116 Å². The number of benzene rings is 1. The van der Waals surface area contributed by atoms with Gasteiger partial charge in [-0.05, 0) is 37.3 Å². The molecule has 0 aliphatic rings. The quantitative estimate of drug-likeness (QED) is 0.932. The van der Waals surface area contributed by atoms with E-state index in [-0.39, 0.29) is 23.3 Å². The average molecular weight is 274 g/mol. The molecule has 0 aliphatic heterocycles. The highest BCUT2D eigenvalue weighted by Crippen LogP contribution is 2.18. The molecule has 20 heavy (non-hydrogen) atoms. The second-order valence-corrected chi connectivity index (χ2v) is 4.30. The Bertz CT molecular complexity index is 602. The van der Waals surface area contributed by atoms with Gasteiger partial charge in [0.15, 0.2) is 11.6 Å². The number of amides is 1. The van der Waals surface area contributed by atoms with Crippen molar-refractivity contribution in [2.24, 2.45) is 0 Å². The second-order valence-electron chi connectivity index (χ2n) is 4.30. The number of halogens is 1. The van der Waals surface area contributed by atoms with Crippen LogP contribution in [0.4, 0.5) is 4.39 Å². The van der Waals surface area contributed by atoms with Gasteiger partial charge in [0, 0.05) is 11.8 Å². The predicted molar refractivity (Wildman–Crippen MR) is 73.1 cm³/mol. The molecule has 0 saturated heterocycles. The largest absolute Gasteiger partial charge is 0.494 e. The first-order valence-electron chi connectivity index (χ1n) is 6.17. The minimum Gasteiger partial charge on any atom is -0.494 e. The molecule has 4 nitrogen and oxygen atoms in total. The zero-order valence-electron chi connectivity index (χ0n) is 11.3. The Morgan fingerprint density at radius 3 is 2.75 bits per heavy atom. The maximum absolute atomic E-state index is 13.6. The zero-order chi connectivity index (χ0) is 14.5. The molecule has 2 aromatic rings. The van der Waals surface area contributed by atoms with E-state index >= 15 is 0 Å². The number of carbonyl (C=O) groups is 1. The summed E-state index contributed by atoms with van der Waals surface area (Å²) in [5, 5.41) is 2.77. The van der Waals surface area contributed by atoms with E-state index in [0.717, 1.165) is 11.8 Å². The summed E-state index contributed by atoms with van der Waals surface area (Å²) >= 11 is 0. The normalized spacial score (nSPS) is 11.8. The van der Waals surface area contributed by atoms with E-state index in [1.54, 1.807) is 12.3 Å². The number of hydrogen-bond donors (Lipinski definition) is 1. The van der Waals surface area contributed by atoms with E-state index in [1.807, 2.05) is 19.1 Å². The number of ether oxygens (including phenoxy) is 1. The van der Waals surface area contributed by atoms with Gasteiger partial charge < -0.3 is 10.1 Å². The molecular formula is C15H15FN2O2. The smallest absolute Gasteiger partial charge is 0.251 e. The molecule has 0 spiro atoms. The SMILES string of the molecule is COc1ccc(C(=O)N[C@H](C)c2ccccn2)cc1F. The standard InChI is InChI=1S/C15H15FN2O2/c1-10(13-5-3-4-8-17-13)18-15(19)11-6-7-14(20-2)12(16)9-11/h3-10H,1-2H3,(H,18,19)/t10-/m1/s1. The Balaban J connectivity index is 2.10. The summed E-state index contributed by atoms with van der Waals surface area (Å²) in [7, 11) is 1.38. The van der Waals surface area contributed by atoms with Crippen LogP contribution in [-0.2, 0) is 0 Å². The van der Waals surface area contributed by atoms with Gasteiger partial charge in [-0.2, -0.15) is 0 Å². The number of hydrogen-bond acceptors (Lipinski definition) is 3. The van der Waals surface area contributed by atoms with Crippen LogP contribution >= 0.6 is 0 Å². The summed E-state index contributed by atoms with van der Waals surface area (Å²) in [6.07, 6.45) is 1.66. The summed E-state index contributed by atoms with van der Waals surface area (Å²) in [5.74, 6) is -0.810. The van der Waals surface area contributed by atoms with Crippen LogP contribution in [0, 0.1) is 5.82 Å². The molecule has 1 heterocycles. The zero-order valence-corrected chi connectivity index (χ0v) is 11.3. The van der Waals surface area contributed by atoms with Crippen molar-refractivity contribution in [2.75, 3.05) is 7.11 Å². The van der Waals surface area contributed by atoms with Crippen molar-refractivity contribution in [1.29, 1.82) is 0 Å². The molecule has 1 aromatic carbocycles. The second kappa shape index (κ2) is 6.14. The van der Waals surface area contributed by atoms with Crippen LogP contribution < -0.4 is 10.1 Å². The van der Waals surface area contributed by atoms with Crippen LogP contribution in [0.15, 0.2) is 42.6 Å². The van der Waals surface area contributed by atoms with Crippen molar-refractivity contribution in [3.05, 3.63) is 59.7 Å². The summed E-state index contributed by atoms with van der Waals surface area (Å²) < 4.78 is 18.4. The molecule has 104 valence electrons. The average Bonchev–Trinajstić information content (AvgIpc) is 2.48. The fraction of sp³-hybridized carbons (Fsp3) is 0.200. The highest BCUT2D eigenvalue weighted by atomic mass is 19.1. The number of pyridine rings is 1. The number of nitrogens with one attached hydrogen (secondary N) is 1. The first kappa shape index (κ1) is 14.0.